The number of anilines is 1. The summed E-state index contributed by atoms with van der Waals surface area (Å²) in [6, 6.07) is 8.92. The Kier molecular flexibility index (Phi) is 4.01. The van der Waals surface area contributed by atoms with Gasteiger partial charge in [0, 0.05) is 5.56 Å². The summed E-state index contributed by atoms with van der Waals surface area (Å²) in [7, 11) is -3.80. The second-order valence-corrected chi connectivity index (χ2v) is 6.32. The number of terminal acetylenes is 1. The summed E-state index contributed by atoms with van der Waals surface area (Å²) >= 11 is 0. The molecule has 108 valence electrons. The Balaban J connectivity index is 2.46. The van der Waals surface area contributed by atoms with E-state index in [0.29, 0.717) is 22.4 Å². The van der Waals surface area contributed by atoms with Crippen LogP contribution in [0, 0.1) is 32.0 Å². The van der Waals surface area contributed by atoms with Gasteiger partial charge >= 0.3 is 0 Å². The molecule has 0 aliphatic heterocycles. The highest BCUT2D eigenvalue weighted by molar-refractivity contribution is 7.92. The minimum absolute atomic E-state index is 0.0787. The van der Waals surface area contributed by atoms with Crippen molar-refractivity contribution in [3.63, 3.8) is 0 Å². The Labute approximate surface area is 123 Å². The Morgan fingerprint density at radius 3 is 2.33 bits per heavy atom. The molecular formula is C16H14FNO2S. The fourth-order valence-corrected chi connectivity index (χ4v) is 3.70. The molecule has 1 N–H and O–H groups in total. The second kappa shape index (κ2) is 5.58. The van der Waals surface area contributed by atoms with Crippen LogP contribution in [0.25, 0.3) is 0 Å². The normalized spacial score (nSPS) is 11.0. The van der Waals surface area contributed by atoms with Crippen LogP contribution < -0.4 is 4.72 Å². The quantitative estimate of drug-likeness (QED) is 0.885. The number of halogens is 1. The highest BCUT2D eigenvalue weighted by Crippen LogP contribution is 2.24. The molecule has 3 nitrogen and oxygen atoms in total. The smallest absolute Gasteiger partial charge is 0.262 e. The van der Waals surface area contributed by atoms with Gasteiger partial charge in [0.25, 0.3) is 10.0 Å². The van der Waals surface area contributed by atoms with Crippen LogP contribution in [-0.4, -0.2) is 8.42 Å². The number of hydrogen-bond donors (Lipinski definition) is 1. The van der Waals surface area contributed by atoms with E-state index >= 15 is 0 Å². The second-order valence-electron chi connectivity index (χ2n) is 4.70. The lowest BCUT2D eigenvalue weighted by atomic mass is 10.1. The Morgan fingerprint density at radius 1 is 1.14 bits per heavy atom. The molecule has 2 aromatic rings. The van der Waals surface area contributed by atoms with Crippen molar-refractivity contribution in [1.82, 2.24) is 0 Å². The Hall–Kier alpha value is -2.32. The minimum Gasteiger partial charge on any atom is -0.280 e. The maximum Gasteiger partial charge on any atom is 0.262 e. The lowest BCUT2D eigenvalue weighted by molar-refractivity contribution is 0.597. The van der Waals surface area contributed by atoms with Crippen LogP contribution in [0.3, 0.4) is 0 Å². The molecule has 0 saturated heterocycles. The third kappa shape index (κ3) is 3.23. The van der Waals surface area contributed by atoms with E-state index < -0.39 is 15.8 Å². The molecule has 0 saturated carbocycles. The fourth-order valence-electron chi connectivity index (χ4n) is 2.20. The van der Waals surface area contributed by atoms with E-state index in [0.717, 1.165) is 0 Å². The number of nitrogens with one attached hydrogen (secondary N) is 1. The van der Waals surface area contributed by atoms with Crippen LogP contribution in [0.4, 0.5) is 10.1 Å². The van der Waals surface area contributed by atoms with Gasteiger partial charge in [-0.3, -0.25) is 4.72 Å². The number of hydrogen-bond acceptors (Lipinski definition) is 2. The van der Waals surface area contributed by atoms with Crippen LogP contribution in [0.5, 0.6) is 0 Å². The molecule has 0 fully saturated rings. The van der Waals surface area contributed by atoms with Crippen LogP contribution >= 0.6 is 0 Å². The zero-order chi connectivity index (χ0) is 15.6. The van der Waals surface area contributed by atoms with Gasteiger partial charge in [-0.15, -0.1) is 6.42 Å². The topological polar surface area (TPSA) is 46.2 Å². The Morgan fingerprint density at radius 2 is 1.76 bits per heavy atom. The van der Waals surface area contributed by atoms with Crippen molar-refractivity contribution >= 4 is 15.7 Å². The summed E-state index contributed by atoms with van der Waals surface area (Å²) < 4.78 is 40.7. The maximum absolute atomic E-state index is 13.3. The van der Waals surface area contributed by atoms with Crippen molar-refractivity contribution in [2.75, 3.05) is 4.72 Å². The van der Waals surface area contributed by atoms with Gasteiger partial charge in [0.15, 0.2) is 0 Å². The molecule has 5 heteroatoms. The summed E-state index contributed by atoms with van der Waals surface area (Å²) in [5.41, 5.74) is 1.65. The highest BCUT2D eigenvalue weighted by Gasteiger charge is 2.20. The van der Waals surface area contributed by atoms with Crippen molar-refractivity contribution < 1.29 is 12.8 Å². The molecule has 0 aliphatic carbocycles. The molecule has 21 heavy (non-hydrogen) atoms. The molecule has 0 spiro atoms. The van der Waals surface area contributed by atoms with Gasteiger partial charge in [-0.1, -0.05) is 12.0 Å². The number of rotatable bonds is 3. The fraction of sp³-hybridized carbons (Fsp3) is 0.125. The van der Waals surface area contributed by atoms with Gasteiger partial charge in [-0.05, 0) is 55.3 Å². The van der Waals surface area contributed by atoms with Crippen molar-refractivity contribution in [3.8, 4) is 12.3 Å². The maximum atomic E-state index is 13.3. The number of aryl methyl sites for hydroxylation is 2. The average molecular weight is 303 g/mol. The van der Waals surface area contributed by atoms with Gasteiger partial charge in [0.05, 0.1) is 10.6 Å². The first-order valence-electron chi connectivity index (χ1n) is 6.20. The zero-order valence-electron chi connectivity index (χ0n) is 11.6. The first kappa shape index (κ1) is 15.1. The van der Waals surface area contributed by atoms with Gasteiger partial charge in [-0.2, -0.15) is 0 Å². The lowest BCUT2D eigenvalue weighted by Crippen LogP contribution is -2.16. The van der Waals surface area contributed by atoms with E-state index in [1.165, 1.54) is 12.1 Å². The van der Waals surface area contributed by atoms with Crippen LogP contribution in [0.15, 0.2) is 41.3 Å². The molecule has 0 radical (unpaired) electrons. The summed E-state index contributed by atoms with van der Waals surface area (Å²) in [6.45, 7) is 3.12. The van der Waals surface area contributed by atoms with Crippen LogP contribution in [0.2, 0.25) is 0 Å². The first-order valence-corrected chi connectivity index (χ1v) is 7.68. The third-order valence-electron chi connectivity index (χ3n) is 2.98. The van der Waals surface area contributed by atoms with E-state index in [4.69, 9.17) is 6.42 Å². The number of benzene rings is 2. The minimum atomic E-state index is -3.80. The molecule has 2 aromatic carbocycles. The van der Waals surface area contributed by atoms with E-state index in [9.17, 15) is 12.8 Å². The van der Waals surface area contributed by atoms with Gasteiger partial charge in [0.1, 0.15) is 5.82 Å². The van der Waals surface area contributed by atoms with Crippen LogP contribution in [-0.2, 0) is 10.0 Å². The molecule has 0 atom stereocenters. The monoisotopic (exact) mass is 303 g/mol. The predicted octanol–water partition coefficient (Wildman–Crippen LogP) is 3.22. The highest BCUT2D eigenvalue weighted by atomic mass is 32.2. The third-order valence-corrected chi connectivity index (χ3v) is 4.66. The summed E-state index contributed by atoms with van der Waals surface area (Å²) in [4.78, 5) is 0.0787. The van der Waals surface area contributed by atoms with Gasteiger partial charge < -0.3 is 0 Å². The Bertz CT molecular complexity index is 813. The average Bonchev–Trinajstić information content (AvgIpc) is 2.36. The van der Waals surface area contributed by atoms with E-state index in [-0.39, 0.29) is 4.90 Å². The standard InChI is InChI=1S/C16H14FNO2S/c1-4-13-6-5-7-15(10-13)18-21(19,20)16-11(2)8-14(17)9-12(16)3/h1,5-10,18H,2-3H3. The van der Waals surface area contributed by atoms with Crippen molar-refractivity contribution in [1.29, 1.82) is 0 Å². The first-order chi connectivity index (χ1) is 9.83. The van der Waals surface area contributed by atoms with Crippen molar-refractivity contribution in [2.24, 2.45) is 0 Å². The van der Waals surface area contributed by atoms with E-state index in [2.05, 4.69) is 10.6 Å². The molecule has 0 unspecified atom stereocenters. The van der Waals surface area contributed by atoms with Crippen molar-refractivity contribution in [3.05, 3.63) is 58.9 Å². The molecule has 2 rings (SSSR count). The summed E-state index contributed by atoms with van der Waals surface area (Å²) in [5, 5.41) is 0. The SMILES string of the molecule is C#Cc1cccc(NS(=O)(=O)c2c(C)cc(F)cc2C)c1. The van der Waals surface area contributed by atoms with Gasteiger partial charge in [0.2, 0.25) is 0 Å². The summed E-state index contributed by atoms with van der Waals surface area (Å²) in [6.07, 6.45) is 5.29. The largest absolute Gasteiger partial charge is 0.280 e. The van der Waals surface area contributed by atoms with E-state index in [1.54, 1.807) is 38.1 Å². The molecule has 0 bridgehead atoms. The number of sulfonamides is 1. The lowest BCUT2D eigenvalue weighted by Gasteiger charge is -2.13. The molecule has 0 amide bonds. The molecule has 0 aromatic heterocycles. The molecular weight excluding hydrogens is 289 g/mol. The van der Waals surface area contributed by atoms with Gasteiger partial charge in [-0.25, -0.2) is 12.8 Å². The predicted molar refractivity (Wildman–Crippen MR) is 81.1 cm³/mol. The summed E-state index contributed by atoms with van der Waals surface area (Å²) in [5.74, 6) is 1.98. The molecule has 0 aliphatic rings. The molecule has 0 heterocycles. The van der Waals surface area contributed by atoms with Crippen molar-refractivity contribution in [2.45, 2.75) is 18.7 Å². The zero-order valence-corrected chi connectivity index (χ0v) is 12.5. The van der Waals surface area contributed by atoms with E-state index in [1.807, 2.05) is 0 Å². The van der Waals surface area contributed by atoms with Crippen LogP contribution in [0.1, 0.15) is 16.7 Å².